The van der Waals surface area contributed by atoms with Gasteiger partial charge in [-0.3, -0.25) is 91.1 Å². The smallest absolute Gasteiger partial charge is 0.327 e. The molecule has 3 fully saturated rings. The van der Waals surface area contributed by atoms with Crippen LogP contribution in [0.15, 0.2) is 85.2 Å². The van der Waals surface area contributed by atoms with E-state index in [1.807, 2.05) is 0 Å². The van der Waals surface area contributed by atoms with E-state index in [2.05, 4.69) is 69.4 Å². The van der Waals surface area contributed by atoms with Crippen molar-refractivity contribution in [1.82, 2.24) is 92.5 Å². The second-order valence-corrected chi connectivity index (χ2v) is 37.0. The molecule has 5 aromatic rings. The fraction of sp³-hybridized carbons (Fsp3) is 0.537. The highest BCUT2D eigenvalue weighted by Crippen LogP contribution is 2.29. The van der Waals surface area contributed by atoms with Crippen molar-refractivity contribution in [2.45, 2.75) is 253 Å². The molecule has 47 heteroatoms. The van der Waals surface area contributed by atoms with E-state index in [1.54, 1.807) is 82.4 Å². The van der Waals surface area contributed by atoms with Gasteiger partial charge in [-0.1, -0.05) is 102 Å². The highest BCUT2D eigenvalue weighted by molar-refractivity contribution is 8.00. The summed E-state index contributed by atoms with van der Waals surface area (Å²) in [7, 11) is 3.68. The Bertz CT molecular complexity index is 5450. The van der Waals surface area contributed by atoms with Gasteiger partial charge in [0.15, 0.2) is 0 Å². The molecule has 8 rings (SSSR count). The number of nitrogens with zero attached hydrogens (tertiary/aromatic N) is 6. The summed E-state index contributed by atoms with van der Waals surface area (Å²) >= 11 is 0.632. The van der Waals surface area contributed by atoms with Crippen LogP contribution in [-0.2, 0) is 122 Å². The molecule has 5 heterocycles. The van der Waals surface area contributed by atoms with Crippen LogP contribution in [0.5, 0.6) is 5.75 Å². The number of benzene rings is 3. The molecule has 3 aliphatic rings. The first-order chi connectivity index (χ1) is 67.4. The number of hydrogen-bond donors (Lipinski definition) is 20. The first kappa shape index (κ1) is 113. The molecule has 1 unspecified atom stereocenters. The van der Waals surface area contributed by atoms with E-state index in [0.29, 0.717) is 63.1 Å². The van der Waals surface area contributed by atoms with Crippen molar-refractivity contribution in [2.24, 2.45) is 23.1 Å². The molecule has 2 aromatic heterocycles. The number of unbranched alkanes of at least 4 members (excludes halogenated alkanes) is 2. The van der Waals surface area contributed by atoms with Crippen molar-refractivity contribution in [3.8, 4) is 18.1 Å². The van der Waals surface area contributed by atoms with Crippen molar-refractivity contribution < 1.29 is 121 Å². The van der Waals surface area contributed by atoms with Gasteiger partial charge in [0, 0.05) is 119 Å². The van der Waals surface area contributed by atoms with Crippen molar-refractivity contribution in [3.05, 3.63) is 102 Å². The molecule has 772 valence electrons. The fourth-order valence-corrected chi connectivity index (χ4v) is 18.1. The summed E-state index contributed by atoms with van der Waals surface area (Å²) in [5.41, 5.74) is 20.2. The van der Waals surface area contributed by atoms with Crippen molar-refractivity contribution in [3.63, 3.8) is 0 Å². The number of thioether (sulfide) groups is 1. The van der Waals surface area contributed by atoms with Crippen molar-refractivity contribution in [1.29, 1.82) is 0 Å². The molecule has 0 saturated carbocycles. The molecule has 0 spiro atoms. The second-order valence-electron chi connectivity index (χ2n) is 36.0. The quantitative estimate of drug-likeness (QED) is 0.0200. The topological polar surface area (TPSA) is 690 Å². The van der Waals surface area contributed by atoms with E-state index in [9.17, 15) is 87.9 Å². The van der Waals surface area contributed by atoms with Gasteiger partial charge in [-0.15, -0.1) is 24.1 Å². The van der Waals surface area contributed by atoms with Gasteiger partial charge in [0.1, 0.15) is 103 Å². The number of nitrogens with two attached hydrogens (primary N) is 3. The summed E-state index contributed by atoms with van der Waals surface area (Å²) in [6.07, 6.45) is 3.20. The molecule has 16 atom stereocenters. The Labute approximate surface area is 823 Å². The van der Waals surface area contributed by atoms with E-state index < -0.39 is 291 Å². The third-order valence-corrected chi connectivity index (χ3v) is 26.0. The molecule has 3 aromatic carbocycles. The van der Waals surface area contributed by atoms with Gasteiger partial charge in [-0.2, -0.15) is 0 Å². The van der Waals surface area contributed by atoms with Crippen LogP contribution in [0.2, 0.25) is 0 Å². The normalized spacial score (nSPS) is 24.2. The van der Waals surface area contributed by atoms with Gasteiger partial charge in [-0.25, -0.2) is 4.79 Å². The highest BCUT2D eigenvalue weighted by Gasteiger charge is 2.47. The maximum absolute atomic E-state index is 16.0. The molecule has 3 saturated heterocycles. The van der Waals surface area contributed by atoms with E-state index in [-0.39, 0.29) is 89.0 Å². The molecular formula is C95H131N21O25S. The number of carboxylic acid groups (broad SMARTS) is 3. The number of primary amides is 1. The Kier molecular flexibility index (Phi) is 42.9. The lowest BCUT2D eigenvalue weighted by atomic mass is 9.99. The minimum Gasteiger partial charge on any atom is -0.508 e. The first-order valence-corrected chi connectivity index (χ1v) is 48.2. The number of terminal acetylenes is 1. The lowest BCUT2D eigenvalue weighted by molar-refractivity contribution is -0.149. The average molecular weight is 2000 g/mol. The zero-order chi connectivity index (χ0) is 105. The standard InChI is InChI=1S/C95H131N21O25S/c1-10-13-24-72-87(132)104-61(32-33-79(122)123)83(128)110-70(82(127)100-45-77(120)101-63(20-12-3)95(140)141)49-142-50-78(121)102-66(38-53-28-30-56(117)31-29-53)90(135)111(7)52(6)81(126)106-68(42-76(98)119)92(137)115-36-19-27-73(115)88(133)109-69(43-97)86(131)107-65(37-51(4)5)93(138)116-47-57(118)41-75(116)89(134)105-64(39-54-44-99-60-23-17-15-21-58(54)60)85(130)103-62(34-35-96)84(129)108-67(91(136)113(9)74(25-14-11-2)94(139)112(72)8)40-55-46-114(48-80(124)125)71-26-18-16-22-59(55)71/h3,15-18,21-23,26,28-31,44,46,51-52,57,61-70,72-75,99,117-118H,10-11,13-14,19-20,24-25,27,32-43,45,47-50,96-97H2,1-2,4-9H3,(H2,98,119)(H,100,127)(H,101,120)(H,102,121)(H,103,130)(H,104,132)(H,105,134)(H,106,126)(H,107,131)(H,108,129)(H,109,133)(H,110,128)(H,122,123)(H,124,125)(H,140,141)/t52-,57+,61-,62-,63?,64-,65-,66-,67-,68-,69-,70-,72-,73-,74-,75-/m0/s1. The Morgan fingerprint density at radius 1 is 0.585 bits per heavy atom. The Balaban J connectivity index is 1.23. The molecular weight excluding hydrogens is 1870 g/mol. The van der Waals surface area contributed by atoms with Gasteiger partial charge in [0.2, 0.25) is 100 Å². The van der Waals surface area contributed by atoms with Crippen LogP contribution < -0.4 is 75.7 Å². The minimum absolute atomic E-state index is 0.0510. The number of rotatable bonds is 30. The number of aromatic nitrogens is 2. The number of H-pyrrole nitrogens is 1. The largest absolute Gasteiger partial charge is 0.508 e. The van der Waals surface area contributed by atoms with Gasteiger partial charge in [-0.05, 0) is 105 Å². The SMILES string of the molecule is C#CCC(NC(=O)CNC(=O)[C@@H]1CSCC(=O)N[C@@H](Cc2ccc(O)cc2)C(=O)N(C)[C@@H](C)C(=O)N[C@@H](CC(N)=O)C(=O)N2CCC[C@H]2C(=O)N[C@@H](CN)C(=O)N[C@@H](CC(C)C)C(=O)N2C[C@H](O)C[C@H]2C(=O)N[C@@H](Cc2c[nH]c3ccccc23)C(=O)N[C@@H](CCN)C(=O)N[C@@H](Cc2cn(CC(=O)O)c3ccccc23)C(=O)N(C)[C@@H](CCCC)C(=O)N(C)[C@@H](CCCC)C(=O)N[C@@H](CCC(=O)O)C(=O)N1)C(=O)O. The van der Waals surface area contributed by atoms with Gasteiger partial charge in [0.05, 0.1) is 24.8 Å². The maximum Gasteiger partial charge on any atom is 0.327 e. The number of phenols is 1. The number of fused-ring (bicyclic) bond motifs is 4. The number of nitrogens with one attached hydrogen (secondary N) is 12. The predicted molar refractivity (Wildman–Crippen MR) is 516 cm³/mol. The van der Waals surface area contributed by atoms with Gasteiger partial charge in [0.25, 0.3) is 0 Å². The summed E-state index contributed by atoms with van der Waals surface area (Å²) in [5, 5.41) is 80.7. The summed E-state index contributed by atoms with van der Waals surface area (Å²) in [6.45, 7) is 5.10. The van der Waals surface area contributed by atoms with Crippen LogP contribution in [0, 0.1) is 18.3 Å². The Morgan fingerprint density at radius 2 is 1.15 bits per heavy atom. The number of hydrogen-bond acceptors (Lipinski definition) is 25. The predicted octanol–water partition coefficient (Wildman–Crippen LogP) is -3.31. The lowest BCUT2D eigenvalue weighted by Gasteiger charge is -2.36. The number of carboxylic acids is 3. The third-order valence-electron chi connectivity index (χ3n) is 25.0. The fourth-order valence-electron chi connectivity index (χ4n) is 17.2. The number of aliphatic hydroxyl groups is 1. The minimum atomic E-state index is -1.90. The number of aliphatic hydroxyl groups excluding tert-OH is 1. The average Bonchev–Trinajstić information content (AvgIpc) is 1.63. The number of phenolic OH excluding ortho intramolecular Hbond substituents is 1. The molecule has 3 aliphatic heterocycles. The van der Waals surface area contributed by atoms with Gasteiger partial charge >= 0.3 is 17.9 Å². The van der Waals surface area contributed by atoms with Crippen molar-refractivity contribution in [2.75, 3.05) is 65.4 Å². The maximum atomic E-state index is 16.0. The summed E-state index contributed by atoms with van der Waals surface area (Å²) in [4.78, 5) is 297. The zero-order valence-electron chi connectivity index (χ0n) is 80.6. The van der Waals surface area contributed by atoms with Crippen LogP contribution in [-0.4, -0.2) is 340 Å². The number of aromatic hydroxyl groups is 1. The first-order valence-electron chi connectivity index (χ1n) is 47.1. The summed E-state index contributed by atoms with van der Waals surface area (Å²) < 4.78 is 1.40. The van der Waals surface area contributed by atoms with Crippen molar-refractivity contribution >= 4 is 152 Å². The monoisotopic (exact) mass is 2000 g/mol. The number of amides is 17. The molecule has 0 bridgehead atoms. The molecule has 23 N–H and O–H groups in total. The molecule has 0 aliphatic carbocycles. The van der Waals surface area contributed by atoms with Crippen LogP contribution >= 0.6 is 11.8 Å². The molecule has 0 radical (unpaired) electrons. The third kappa shape index (κ3) is 31.6. The number of likely N-dealkylation sites (N-methyl/N-ethyl adjacent to an activating group) is 3. The van der Waals surface area contributed by atoms with E-state index in [4.69, 9.17) is 23.6 Å². The van der Waals surface area contributed by atoms with E-state index in [1.165, 1.54) is 56.0 Å². The Hall–Kier alpha value is -14.3. The lowest BCUT2D eigenvalue weighted by Crippen LogP contribution is -2.62. The Morgan fingerprint density at radius 3 is 1.79 bits per heavy atom. The molecule has 17 amide bonds. The number of aromatic amines is 1. The summed E-state index contributed by atoms with van der Waals surface area (Å²) in [6, 6.07) is -5.78. The van der Waals surface area contributed by atoms with Crippen LogP contribution in [0.1, 0.15) is 148 Å². The van der Waals surface area contributed by atoms with Gasteiger partial charge < -0.3 is 135 Å². The number of para-hydroxylation sites is 2. The van der Waals surface area contributed by atoms with E-state index in [0.717, 1.165) is 31.5 Å². The van der Waals surface area contributed by atoms with Crippen LogP contribution in [0.25, 0.3) is 21.8 Å². The van der Waals surface area contributed by atoms with Crippen LogP contribution in [0.4, 0.5) is 0 Å². The van der Waals surface area contributed by atoms with E-state index >= 15 is 33.6 Å². The molecule has 46 nitrogen and oxygen atoms in total. The van der Waals surface area contributed by atoms with Crippen LogP contribution in [0.3, 0.4) is 0 Å². The number of carbonyl (C=O) groups is 20. The number of carbonyl (C=O) groups excluding carboxylic acids is 17. The molecule has 142 heavy (non-hydrogen) atoms. The second kappa shape index (κ2) is 53.9. The summed E-state index contributed by atoms with van der Waals surface area (Å²) in [5.74, 6) is -21.5. The highest BCUT2D eigenvalue weighted by atomic mass is 32.2. The zero-order valence-corrected chi connectivity index (χ0v) is 81.4. The number of aliphatic carboxylic acids is 3.